The van der Waals surface area contributed by atoms with Crippen LogP contribution >= 0.6 is 0 Å². The predicted octanol–water partition coefficient (Wildman–Crippen LogP) is 1.26. The van der Waals surface area contributed by atoms with Crippen LogP contribution in [0.4, 0.5) is 5.95 Å². The van der Waals surface area contributed by atoms with Crippen LogP contribution in [0.3, 0.4) is 0 Å². The highest BCUT2D eigenvalue weighted by Gasteiger charge is 2.10. The quantitative estimate of drug-likeness (QED) is 0.794. The van der Waals surface area contributed by atoms with Crippen molar-refractivity contribution in [2.24, 2.45) is 7.05 Å². The molecule has 2 rings (SSSR count). The zero-order chi connectivity index (χ0) is 14.5. The second kappa shape index (κ2) is 6.47. The van der Waals surface area contributed by atoms with Crippen LogP contribution in [0.25, 0.3) is 11.3 Å². The first-order valence-electron chi connectivity index (χ1n) is 6.82. The van der Waals surface area contributed by atoms with Crippen molar-refractivity contribution in [3.8, 4) is 11.3 Å². The van der Waals surface area contributed by atoms with Crippen molar-refractivity contribution in [2.45, 2.75) is 6.92 Å². The maximum atomic E-state index is 4.65. The molecule has 0 unspecified atom stereocenters. The highest BCUT2D eigenvalue weighted by atomic mass is 15.3. The van der Waals surface area contributed by atoms with Gasteiger partial charge in [-0.05, 0) is 27.1 Å². The SMILES string of the molecule is CCN(CCN(C)C)c1nccc(-c2cnn(C)c2)n1. The fraction of sp³-hybridized carbons (Fsp3) is 0.500. The van der Waals surface area contributed by atoms with E-state index in [2.05, 4.69) is 45.9 Å². The lowest BCUT2D eigenvalue weighted by Crippen LogP contribution is -2.32. The third-order valence-electron chi connectivity index (χ3n) is 3.13. The molecule has 2 heterocycles. The lowest BCUT2D eigenvalue weighted by molar-refractivity contribution is 0.413. The van der Waals surface area contributed by atoms with Crippen molar-refractivity contribution in [1.29, 1.82) is 0 Å². The standard InChI is InChI=1S/C14H22N6/c1-5-20(9-8-18(2)3)14-15-7-6-13(17-14)12-10-16-19(4)11-12/h6-7,10-11H,5,8-9H2,1-4H3. The van der Waals surface area contributed by atoms with E-state index in [-0.39, 0.29) is 0 Å². The van der Waals surface area contributed by atoms with E-state index in [1.165, 1.54) is 0 Å². The largest absolute Gasteiger partial charge is 0.340 e. The topological polar surface area (TPSA) is 50.1 Å². The van der Waals surface area contributed by atoms with Crippen LogP contribution in [-0.4, -0.2) is 58.4 Å². The molecule has 2 aromatic heterocycles. The molecule has 2 aromatic rings. The number of hydrogen-bond acceptors (Lipinski definition) is 5. The van der Waals surface area contributed by atoms with Crippen molar-refractivity contribution in [2.75, 3.05) is 38.6 Å². The highest BCUT2D eigenvalue weighted by molar-refractivity contribution is 5.58. The maximum absolute atomic E-state index is 4.65. The summed E-state index contributed by atoms with van der Waals surface area (Å²) < 4.78 is 1.78. The Morgan fingerprint density at radius 1 is 1.25 bits per heavy atom. The van der Waals surface area contributed by atoms with Gasteiger partial charge in [-0.1, -0.05) is 0 Å². The summed E-state index contributed by atoms with van der Waals surface area (Å²) in [6.07, 6.45) is 5.59. The molecule has 0 saturated carbocycles. The van der Waals surface area contributed by atoms with Gasteiger partial charge < -0.3 is 9.80 Å². The molecule has 0 saturated heterocycles. The van der Waals surface area contributed by atoms with Crippen LogP contribution in [0.1, 0.15) is 6.92 Å². The van der Waals surface area contributed by atoms with E-state index < -0.39 is 0 Å². The summed E-state index contributed by atoms with van der Waals surface area (Å²) in [5.41, 5.74) is 1.92. The van der Waals surface area contributed by atoms with Gasteiger partial charge in [0.2, 0.25) is 5.95 Å². The molecule has 6 nitrogen and oxygen atoms in total. The van der Waals surface area contributed by atoms with Crippen LogP contribution in [0.15, 0.2) is 24.7 Å². The minimum atomic E-state index is 0.774. The van der Waals surface area contributed by atoms with Crippen molar-refractivity contribution >= 4 is 5.95 Å². The summed E-state index contributed by atoms with van der Waals surface area (Å²) >= 11 is 0. The lowest BCUT2D eigenvalue weighted by atomic mass is 10.2. The van der Waals surface area contributed by atoms with E-state index in [1.807, 2.05) is 31.7 Å². The van der Waals surface area contributed by atoms with Gasteiger partial charge in [0.25, 0.3) is 0 Å². The van der Waals surface area contributed by atoms with Crippen LogP contribution in [0.5, 0.6) is 0 Å². The van der Waals surface area contributed by atoms with Crippen molar-refractivity contribution in [3.63, 3.8) is 0 Å². The Bertz CT molecular complexity index is 548. The summed E-state index contributed by atoms with van der Waals surface area (Å²) in [4.78, 5) is 13.4. The fourth-order valence-electron chi connectivity index (χ4n) is 1.94. The molecule has 20 heavy (non-hydrogen) atoms. The number of aromatic nitrogens is 4. The second-order valence-electron chi connectivity index (χ2n) is 5.03. The summed E-state index contributed by atoms with van der Waals surface area (Å²) in [7, 11) is 6.04. The lowest BCUT2D eigenvalue weighted by Gasteiger charge is -2.22. The summed E-state index contributed by atoms with van der Waals surface area (Å²) in [6, 6.07) is 1.92. The van der Waals surface area contributed by atoms with Gasteiger partial charge in [-0.25, -0.2) is 9.97 Å². The minimum absolute atomic E-state index is 0.774. The number of anilines is 1. The van der Waals surface area contributed by atoms with E-state index in [9.17, 15) is 0 Å². The Labute approximate surface area is 120 Å². The average Bonchev–Trinajstić information content (AvgIpc) is 2.86. The minimum Gasteiger partial charge on any atom is -0.340 e. The second-order valence-corrected chi connectivity index (χ2v) is 5.03. The van der Waals surface area contributed by atoms with E-state index in [0.29, 0.717) is 0 Å². The van der Waals surface area contributed by atoms with Gasteiger partial charge in [-0.2, -0.15) is 5.10 Å². The highest BCUT2D eigenvalue weighted by Crippen LogP contribution is 2.17. The molecular formula is C14H22N6. The van der Waals surface area contributed by atoms with E-state index >= 15 is 0 Å². The smallest absolute Gasteiger partial charge is 0.225 e. The molecular weight excluding hydrogens is 252 g/mol. The molecule has 0 spiro atoms. The first-order chi connectivity index (χ1) is 9.60. The fourth-order valence-corrected chi connectivity index (χ4v) is 1.94. The Morgan fingerprint density at radius 2 is 2.05 bits per heavy atom. The molecule has 0 bridgehead atoms. The Kier molecular flexibility index (Phi) is 4.68. The van der Waals surface area contributed by atoms with Crippen LogP contribution in [0, 0.1) is 0 Å². The first-order valence-corrected chi connectivity index (χ1v) is 6.82. The first kappa shape index (κ1) is 14.5. The van der Waals surface area contributed by atoms with Gasteiger partial charge in [0.1, 0.15) is 0 Å². The Morgan fingerprint density at radius 3 is 2.65 bits per heavy atom. The normalized spacial score (nSPS) is 11.1. The van der Waals surface area contributed by atoms with Gasteiger partial charge in [0.15, 0.2) is 0 Å². The predicted molar refractivity (Wildman–Crippen MR) is 80.7 cm³/mol. The average molecular weight is 274 g/mol. The maximum Gasteiger partial charge on any atom is 0.225 e. The van der Waals surface area contributed by atoms with Gasteiger partial charge in [0.05, 0.1) is 11.9 Å². The molecule has 0 aliphatic rings. The molecule has 0 atom stereocenters. The third kappa shape index (κ3) is 3.54. The van der Waals surface area contributed by atoms with Gasteiger partial charge in [-0.3, -0.25) is 4.68 Å². The molecule has 0 aliphatic heterocycles. The monoisotopic (exact) mass is 274 g/mol. The molecule has 0 radical (unpaired) electrons. The summed E-state index contributed by atoms with van der Waals surface area (Å²) in [6.45, 7) is 4.91. The molecule has 0 amide bonds. The van der Waals surface area contributed by atoms with Crippen LogP contribution < -0.4 is 4.90 Å². The summed E-state index contributed by atoms with van der Waals surface area (Å²) in [5.74, 6) is 0.774. The van der Waals surface area contributed by atoms with Gasteiger partial charge in [-0.15, -0.1) is 0 Å². The number of hydrogen-bond donors (Lipinski definition) is 0. The molecule has 6 heteroatoms. The number of nitrogens with zero attached hydrogens (tertiary/aromatic N) is 6. The zero-order valence-corrected chi connectivity index (χ0v) is 12.6. The molecule has 0 aliphatic carbocycles. The van der Waals surface area contributed by atoms with Crippen molar-refractivity contribution < 1.29 is 0 Å². The Hall–Kier alpha value is -1.95. The van der Waals surface area contributed by atoms with E-state index in [4.69, 9.17) is 0 Å². The van der Waals surface area contributed by atoms with E-state index in [1.54, 1.807) is 4.68 Å². The number of likely N-dealkylation sites (N-methyl/N-ethyl adjacent to an activating group) is 2. The summed E-state index contributed by atoms with van der Waals surface area (Å²) in [5, 5.41) is 4.18. The van der Waals surface area contributed by atoms with Crippen molar-refractivity contribution in [3.05, 3.63) is 24.7 Å². The van der Waals surface area contributed by atoms with Crippen molar-refractivity contribution in [1.82, 2.24) is 24.6 Å². The molecule has 108 valence electrons. The van der Waals surface area contributed by atoms with Gasteiger partial charge >= 0.3 is 0 Å². The van der Waals surface area contributed by atoms with Crippen LogP contribution in [-0.2, 0) is 7.05 Å². The van der Waals surface area contributed by atoms with Crippen LogP contribution in [0.2, 0.25) is 0 Å². The number of aryl methyl sites for hydroxylation is 1. The Balaban J connectivity index is 2.19. The van der Waals surface area contributed by atoms with E-state index in [0.717, 1.165) is 36.8 Å². The molecule has 0 fully saturated rings. The third-order valence-corrected chi connectivity index (χ3v) is 3.13. The molecule has 0 N–H and O–H groups in total. The zero-order valence-electron chi connectivity index (χ0n) is 12.6. The number of rotatable bonds is 6. The van der Waals surface area contributed by atoms with Gasteiger partial charge in [0, 0.05) is 44.6 Å². The molecule has 0 aromatic carbocycles.